The molecule has 0 fully saturated rings. The standard InChI is InChI=1S/C9H4N2O2S2/c12-9(13-11-6-15)7-3-1-2-4-8(7)10-5-14/h1-4H. The number of isothiocyanates is 2. The van der Waals surface area contributed by atoms with Crippen LogP contribution in [0.15, 0.2) is 34.4 Å². The number of thiocarbonyl (C=S) groups is 2. The smallest absolute Gasteiger partial charge is 0.303 e. The van der Waals surface area contributed by atoms with Crippen LogP contribution in [0.2, 0.25) is 0 Å². The number of aliphatic imine (C=N–C) groups is 1. The van der Waals surface area contributed by atoms with Crippen LogP contribution in [0.3, 0.4) is 0 Å². The van der Waals surface area contributed by atoms with Crippen molar-refractivity contribution in [3.05, 3.63) is 29.8 Å². The first-order valence-corrected chi connectivity index (χ1v) is 4.56. The molecule has 0 N–H and O–H groups in total. The lowest BCUT2D eigenvalue weighted by molar-refractivity contribution is 0.0522. The third-order valence-corrected chi connectivity index (χ3v) is 1.62. The molecule has 0 saturated heterocycles. The molecule has 0 amide bonds. The largest absolute Gasteiger partial charge is 0.368 e. The normalized spacial score (nSPS) is 8.27. The second kappa shape index (κ2) is 5.90. The minimum absolute atomic E-state index is 0.240. The summed E-state index contributed by atoms with van der Waals surface area (Å²) >= 11 is 8.70. The molecule has 0 aliphatic carbocycles. The van der Waals surface area contributed by atoms with E-state index in [1.165, 1.54) is 6.07 Å². The summed E-state index contributed by atoms with van der Waals surface area (Å²) in [5.74, 6) is -0.669. The van der Waals surface area contributed by atoms with Gasteiger partial charge in [0, 0.05) is 0 Å². The second-order valence-corrected chi connectivity index (χ2v) is 2.65. The predicted molar refractivity (Wildman–Crippen MR) is 61.6 cm³/mol. The topological polar surface area (TPSA) is 51.0 Å². The molecule has 74 valence electrons. The number of nitrogens with zero attached hydrogens (tertiary/aromatic N) is 2. The van der Waals surface area contributed by atoms with Gasteiger partial charge < -0.3 is 4.84 Å². The molecule has 0 aliphatic rings. The number of para-hydroxylation sites is 1. The Hall–Kier alpha value is -1.71. The number of carbonyl (C=O) groups is 1. The third-order valence-electron chi connectivity index (χ3n) is 1.46. The number of hydrogen-bond donors (Lipinski definition) is 0. The van der Waals surface area contributed by atoms with Crippen molar-refractivity contribution < 1.29 is 9.63 Å². The van der Waals surface area contributed by atoms with E-state index in [0.717, 1.165) is 0 Å². The molecule has 0 bridgehead atoms. The summed E-state index contributed by atoms with van der Waals surface area (Å²) in [6.07, 6.45) is 0. The molecule has 0 unspecified atom stereocenters. The maximum absolute atomic E-state index is 11.4. The van der Waals surface area contributed by atoms with Crippen LogP contribution in [-0.2, 0) is 4.84 Å². The fraction of sp³-hybridized carbons (Fsp3) is 0. The Bertz CT molecular complexity index is 475. The van der Waals surface area contributed by atoms with Crippen LogP contribution in [0.25, 0.3) is 0 Å². The van der Waals surface area contributed by atoms with E-state index in [-0.39, 0.29) is 5.56 Å². The molecule has 15 heavy (non-hydrogen) atoms. The summed E-state index contributed by atoms with van der Waals surface area (Å²) in [4.78, 5) is 19.5. The minimum Gasteiger partial charge on any atom is -0.303 e. The molecular formula is C9H4N2O2S2. The van der Waals surface area contributed by atoms with Gasteiger partial charge in [0.05, 0.1) is 16.4 Å². The van der Waals surface area contributed by atoms with Crippen molar-refractivity contribution in [3.63, 3.8) is 0 Å². The van der Waals surface area contributed by atoms with Gasteiger partial charge in [0.25, 0.3) is 0 Å². The highest BCUT2D eigenvalue weighted by Gasteiger charge is 2.11. The average molecular weight is 236 g/mol. The average Bonchev–Trinajstić information content (AvgIpc) is 2.27. The third kappa shape index (κ3) is 3.16. The van der Waals surface area contributed by atoms with Gasteiger partial charge in [-0.15, -0.1) is 0 Å². The highest BCUT2D eigenvalue weighted by molar-refractivity contribution is 7.78. The van der Waals surface area contributed by atoms with Crippen LogP contribution < -0.4 is 0 Å². The van der Waals surface area contributed by atoms with Gasteiger partial charge >= 0.3 is 5.97 Å². The zero-order chi connectivity index (χ0) is 11.1. The minimum atomic E-state index is -0.669. The molecule has 0 heterocycles. The number of hydrogen-bond acceptors (Lipinski definition) is 6. The zero-order valence-electron chi connectivity index (χ0n) is 7.34. The fourth-order valence-corrected chi connectivity index (χ4v) is 1.04. The SMILES string of the molecule is O=C(ON=C=S)c1ccccc1N=C=S. The van der Waals surface area contributed by atoms with Crippen molar-refractivity contribution in [3.8, 4) is 0 Å². The van der Waals surface area contributed by atoms with Crippen LogP contribution in [-0.4, -0.2) is 16.3 Å². The van der Waals surface area contributed by atoms with Gasteiger partial charge in [-0.1, -0.05) is 12.1 Å². The van der Waals surface area contributed by atoms with Crippen molar-refractivity contribution in [2.45, 2.75) is 0 Å². The second-order valence-electron chi connectivity index (χ2n) is 2.28. The molecule has 1 aromatic carbocycles. The van der Waals surface area contributed by atoms with E-state index in [4.69, 9.17) is 0 Å². The summed E-state index contributed by atoms with van der Waals surface area (Å²) in [6.45, 7) is 0. The van der Waals surface area contributed by atoms with E-state index in [1.807, 2.05) is 5.16 Å². The van der Waals surface area contributed by atoms with E-state index in [9.17, 15) is 4.79 Å². The Labute approximate surface area is 96.3 Å². The van der Waals surface area contributed by atoms with Gasteiger partial charge in [-0.25, -0.2) is 4.79 Å². The predicted octanol–water partition coefficient (Wildman–Crippen LogP) is 2.60. The first-order chi connectivity index (χ1) is 7.29. The zero-order valence-corrected chi connectivity index (χ0v) is 8.97. The van der Waals surface area contributed by atoms with Crippen LogP contribution in [0.1, 0.15) is 10.4 Å². The van der Waals surface area contributed by atoms with E-state index in [1.54, 1.807) is 18.2 Å². The van der Waals surface area contributed by atoms with Crippen LogP contribution >= 0.6 is 24.4 Å². The van der Waals surface area contributed by atoms with Crippen molar-refractivity contribution in [1.29, 1.82) is 0 Å². The van der Waals surface area contributed by atoms with Gasteiger partial charge in [-0.3, -0.25) is 0 Å². The number of benzene rings is 1. The summed E-state index contributed by atoms with van der Waals surface area (Å²) in [6, 6.07) is 6.52. The maximum atomic E-state index is 11.4. The molecular weight excluding hydrogens is 232 g/mol. The van der Waals surface area contributed by atoms with Gasteiger partial charge in [0.15, 0.2) is 0 Å². The van der Waals surface area contributed by atoms with Crippen LogP contribution in [0.4, 0.5) is 5.69 Å². The molecule has 0 spiro atoms. The Morgan fingerprint density at radius 2 is 2.00 bits per heavy atom. The summed E-state index contributed by atoms with van der Waals surface area (Å²) < 4.78 is 0. The van der Waals surface area contributed by atoms with E-state index < -0.39 is 5.97 Å². The van der Waals surface area contributed by atoms with E-state index >= 15 is 0 Å². The summed E-state index contributed by atoms with van der Waals surface area (Å²) in [5.41, 5.74) is 0.612. The lowest BCUT2D eigenvalue weighted by atomic mass is 10.2. The molecule has 1 rings (SSSR count). The Morgan fingerprint density at radius 3 is 2.67 bits per heavy atom. The van der Waals surface area contributed by atoms with Crippen molar-refractivity contribution in [2.24, 2.45) is 10.1 Å². The van der Waals surface area contributed by atoms with Gasteiger partial charge in [0.1, 0.15) is 5.16 Å². The molecule has 0 radical (unpaired) electrons. The number of rotatable bonds is 3. The maximum Gasteiger partial charge on any atom is 0.368 e. The Balaban J connectivity index is 3.06. The van der Waals surface area contributed by atoms with Gasteiger partial charge in [0.2, 0.25) is 0 Å². The molecule has 6 heteroatoms. The first-order valence-electron chi connectivity index (χ1n) is 3.75. The fourth-order valence-electron chi connectivity index (χ4n) is 0.902. The Morgan fingerprint density at radius 1 is 1.27 bits per heavy atom. The number of carbonyl (C=O) groups excluding carboxylic acids is 1. The lowest BCUT2D eigenvalue weighted by Crippen LogP contribution is -2.00. The molecule has 0 aromatic heterocycles. The Kier molecular flexibility index (Phi) is 4.47. The highest BCUT2D eigenvalue weighted by atomic mass is 32.1. The molecule has 0 atom stereocenters. The van der Waals surface area contributed by atoms with Crippen molar-refractivity contribution >= 4 is 46.4 Å². The molecule has 0 aliphatic heterocycles. The van der Waals surface area contributed by atoms with E-state index in [0.29, 0.717) is 5.69 Å². The molecule has 1 aromatic rings. The molecule has 4 nitrogen and oxygen atoms in total. The van der Waals surface area contributed by atoms with Gasteiger partial charge in [-0.2, -0.15) is 4.99 Å². The monoisotopic (exact) mass is 236 g/mol. The highest BCUT2D eigenvalue weighted by Crippen LogP contribution is 2.18. The molecule has 0 saturated carbocycles. The van der Waals surface area contributed by atoms with E-state index in [2.05, 4.69) is 44.6 Å². The summed E-state index contributed by atoms with van der Waals surface area (Å²) in [7, 11) is 0. The van der Waals surface area contributed by atoms with Crippen LogP contribution in [0, 0.1) is 0 Å². The quantitative estimate of drug-likeness (QED) is 0.350. The lowest BCUT2D eigenvalue weighted by Gasteiger charge is -1.99. The van der Waals surface area contributed by atoms with Gasteiger partial charge in [-0.05, 0) is 41.7 Å². The summed E-state index contributed by atoms with van der Waals surface area (Å²) in [5, 5.41) is 7.16. The first kappa shape index (κ1) is 11.4. The van der Waals surface area contributed by atoms with Crippen molar-refractivity contribution in [2.75, 3.05) is 0 Å². The van der Waals surface area contributed by atoms with Crippen LogP contribution in [0.5, 0.6) is 0 Å². The van der Waals surface area contributed by atoms with Crippen molar-refractivity contribution in [1.82, 2.24) is 0 Å².